The molecule has 29 heteroatoms. The Hall–Kier alpha value is -7.11. The largest absolute Gasteiger partial charge is 0.457 e. The number of thiocarbonyl (C=S) groups is 1. The van der Waals surface area contributed by atoms with Crippen molar-refractivity contribution < 1.29 is 86.3 Å². The van der Waals surface area contributed by atoms with Crippen molar-refractivity contribution in [2.45, 2.75) is 160 Å². The Kier molecular flexibility index (Phi) is 27.3. The molecule has 93 heavy (non-hydrogen) atoms. The number of allylic oxidation sites excluding steroid dienone is 3. The number of Topliss-reactive ketones (excluding diaryl/α,β-unsaturated/α-hetero) is 1. The average molecular weight is 1360 g/mol. The first-order valence-corrected chi connectivity index (χ1v) is 32.0. The maximum Gasteiger partial charge on any atom is 0.409 e. The summed E-state index contributed by atoms with van der Waals surface area (Å²) >= 11 is 19.3. The fourth-order valence-corrected chi connectivity index (χ4v) is 11.9. The molecule has 0 radical (unpaired) electrons. The van der Waals surface area contributed by atoms with Crippen molar-refractivity contribution in [1.82, 2.24) is 31.2 Å². The summed E-state index contributed by atoms with van der Waals surface area (Å²) in [6.45, 7) is 13.2. The number of nitrogens with two attached hydrogens (primary N) is 1. The number of amides is 8. The van der Waals surface area contributed by atoms with E-state index in [1.807, 2.05) is 39.8 Å². The number of carbonyl (C=O) groups is 10. The molecule has 10 atom stereocenters. The quantitative estimate of drug-likeness (QED) is 0.0213. The molecule has 2 aromatic rings. The number of ether oxygens (including phenoxy) is 6. The molecule has 0 unspecified atom stereocenters. The van der Waals surface area contributed by atoms with E-state index in [1.165, 1.54) is 44.2 Å². The zero-order valence-corrected chi connectivity index (χ0v) is 56.4. The van der Waals surface area contributed by atoms with Crippen LogP contribution in [0, 0.1) is 24.7 Å². The third-order valence-electron chi connectivity index (χ3n) is 16.9. The van der Waals surface area contributed by atoms with Gasteiger partial charge in [0.25, 0.3) is 17.7 Å². The number of hydrogen-bond donors (Lipinski definition) is 6. The Labute approximate surface area is 556 Å². The second-order valence-electron chi connectivity index (χ2n) is 24.3. The lowest BCUT2D eigenvalue weighted by Gasteiger charge is -2.42. The van der Waals surface area contributed by atoms with Gasteiger partial charge in [0.05, 0.1) is 77.7 Å². The van der Waals surface area contributed by atoms with Crippen molar-refractivity contribution in [3.05, 3.63) is 86.4 Å². The number of imide groups is 1. The first-order chi connectivity index (χ1) is 43.9. The van der Waals surface area contributed by atoms with Crippen LogP contribution in [0.2, 0.25) is 10.0 Å². The first-order valence-electron chi connectivity index (χ1n) is 30.8. The number of aryl methyl sites for hydroxylation is 1. The average Bonchev–Trinajstić information content (AvgIpc) is 1.58. The minimum atomic E-state index is -1.91. The van der Waals surface area contributed by atoms with Crippen molar-refractivity contribution in [2.24, 2.45) is 23.5 Å². The van der Waals surface area contributed by atoms with E-state index in [9.17, 15) is 53.1 Å². The van der Waals surface area contributed by atoms with Crippen LogP contribution in [0.3, 0.4) is 0 Å². The van der Waals surface area contributed by atoms with Crippen molar-refractivity contribution in [1.29, 1.82) is 0 Å². The number of esters is 1. The van der Waals surface area contributed by atoms with Crippen molar-refractivity contribution in [3.63, 3.8) is 0 Å². The molecule has 26 nitrogen and oxygen atoms in total. The molecule has 0 spiro atoms. The number of primary amides is 1. The van der Waals surface area contributed by atoms with Crippen molar-refractivity contribution in [2.75, 3.05) is 65.6 Å². The maximum atomic E-state index is 14.5. The number of benzene rings is 2. The Morgan fingerprint density at radius 3 is 2.30 bits per heavy atom. The summed E-state index contributed by atoms with van der Waals surface area (Å²) in [6, 6.07) is 5.01. The van der Waals surface area contributed by atoms with Crippen LogP contribution >= 0.6 is 35.4 Å². The number of methoxy groups -OCH3 is 1. The third kappa shape index (κ3) is 20.4. The summed E-state index contributed by atoms with van der Waals surface area (Å²) in [6.07, 6.45) is 0.320. The Balaban J connectivity index is 1.09. The van der Waals surface area contributed by atoms with Gasteiger partial charge in [-0.25, -0.2) is 19.2 Å². The van der Waals surface area contributed by atoms with E-state index in [4.69, 9.17) is 74.4 Å². The van der Waals surface area contributed by atoms with E-state index in [0.717, 1.165) is 16.0 Å². The van der Waals surface area contributed by atoms with E-state index >= 15 is 0 Å². The molecule has 3 fully saturated rings. The number of hydrogen-bond acceptors (Lipinski definition) is 19. The first kappa shape index (κ1) is 74.9. The predicted molar refractivity (Wildman–Crippen MR) is 344 cm³/mol. The van der Waals surface area contributed by atoms with Gasteiger partial charge in [-0.2, -0.15) is 0 Å². The number of carbonyl (C=O) groups excluding carboxylic acids is 10. The van der Waals surface area contributed by atoms with Gasteiger partial charge < -0.3 is 69.8 Å². The number of aliphatic hydroxyl groups is 1. The number of halogens is 2. The third-order valence-corrected chi connectivity index (χ3v) is 18.0. The molecule has 2 aromatic carbocycles. The molecule has 0 saturated carbocycles. The number of likely N-dealkylation sites (N-methyl/N-ethyl adjacent to an activating group) is 1. The van der Waals surface area contributed by atoms with Gasteiger partial charge in [0, 0.05) is 78.2 Å². The van der Waals surface area contributed by atoms with Crippen molar-refractivity contribution >= 4 is 105 Å². The number of anilines is 1. The molecular weight excluding hydrogens is 1270 g/mol. The van der Waals surface area contributed by atoms with E-state index in [0.29, 0.717) is 44.9 Å². The standard InChI is InChI=1S/C64H86Cl2N8O18S/c1-35(2)43(32-51(93)68-22-24-88-26-25-87-23-20-55(79)92-74-52(76)18-19-53(74)77)58(80)70-45(14-12-21-69-61(67)83)47(75)31-40-16-17-42(44(65)29-40)59(81)72(8)39(6)60(82)90-50-33-54(78)73(9)46-30-41(28-37(4)56(46)66)27-36(3)13-11-15-49(86-10)64(85)34-48(89-62(84)71-64)38(5)57-63(50,7)91-57/h11,13,15-17,28-30,35,38-39,43,45,48-50,57,85H,12,14,18-27,31-34H2,1-10H3,(H,68,93)(H,70,80)(H,71,84)(H3,67,69,83)/b15-11+,36-13+/t38-,39+,43+,45+,48+,49-,50+,57+,63+,64+/m1/s1. The number of urea groups is 1. The molecule has 4 heterocycles. The number of alkyl carbamates (subject to hydrolysis) is 1. The summed E-state index contributed by atoms with van der Waals surface area (Å²) < 4.78 is 34.9. The molecule has 510 valence electrons. The Morgan fingerprint density at radius 1 is 0.957 bits per heavy atom. The summed E-state index contributed by atoms with van der Waals surface area (Å²) in [4.78, 5) is 139. The molecule has 4 aliphatic heterocycles. The smallest absolute Gasteiger partial charge is 0.409 e. The topological polar surface area (TPSA) is 343 Å². The fraction of sp³-hybridized carbons (Fsp3) is 0.578. The predicted octanol–water partition coefficient (Wildman–Crippen LogP) is 5.44. The van der Waals surface area contributed by atoms with Gasteiger partial charge in [0.2, 0.25) is 11.8 Å². The van der Waals surface area contributed by atoms with Gasteiger partial charge >= 0.3 is 24.1 Å². The number of nitrogens with zero attached hydrogens (tertiary/aromatic N) is 3. The van der Waals surface area contributed by atoms with Gasteiger partial charge in [0.15, 0.2) is 11.5 Å². The molecule has 0 aliphatic carbocycles. The van der Waals surface area contributed by atoms with Gasteiger partial charge in [-0.1, -0.05) is 92.1 Å². The number of fused-ring (bicyclic) bond motifs is 5. The summed E-state index contributed by atoms with van der Waals surface area (Å²) in [5, 5.41) is 23.7. The highest BCUT2D eigenvalue weighted by atomic mass is 35.5. The van der Waals surface area contributed by atoms with Crippen LogP contribution in [0.25, 0.3) is 0 Å². The van der Waals surface area contributed by atoms with Gasteiger partial charge in [-0.15, -0.1) is 5.06 Å². The van der Waals surface area contributed by atoms with Crippen LogP contribution in [0.15, 0.2) is 54.1 Å². The second kappa shape index (κ2) is 33.8. The van der Waals surface area contributed by atoms with Gasteiger partial charge in [-0.05, 0) is 87.8 Å². The maximum absolute atomic E-state index is 14.5. The highest BCUT2D eigenvalue weighted by molar-refractivity contribution is 7.80. The minimum Gasteiger partial charge on any atom is -0.457 e. The summed E-state index contributed by atoms with van der Waals surface area (Å²) in [5.74, 6) is -6.38. The number of epoxide rings is 1. The Bertz CT molecular complexity index is 3190. The number of rotatable bonds is 27. The molecular formula is C64H86Cl2N8O18S. The molecule has 6 rings (SSSR count). The van der Waals surface area contributed by atoms with E-state index in [-0.39, 0.29) is 101 Å². The molecule has 3 saturated heterocycles. The van der Waals surface area contributed by atoms with Crippen molar-refractivity contribution in [3.8, 4) is 0 Å². The van der Waals surface area contributed by atoms with Crippen LogP contribution in [0.1, 0.15) is 120 Å². The van der Waals surface area contributed by atoms with Gasteiger partial charge in [-0.3, -0.25) is 34.1 Å². The van der Waals surface area contributed by atoms with E-state index < -0.39 is 125 Å². The Morgan fingerprint density at radius 2 is 1.65 bits per heavy atom. The lowest BCUT2D eigenvalue weighted by molar-refractivity contribution is -0.198. The van der Waals surface area contributed by atoms with Crippen LogP contribution in [0.4, 0.5) is 15.3 Å². The van der Waals surface area contributed by atoms with Crippen LogP contribution < -0.4 is 31.9 Å². The van der Waals surface area contributed by atoms with Crippen LogP contribution in [-0.4, -0.2) is 188 Å². The highest BCUT2D eigenvalue weighted by Gasteiger charge is 2.64. The second-order valence-corrected chi connectivity index (χ2v) is 25.6. The minimum absolute atomic E-state index is 0.00841. The molecule has 8 amide bonds. The molecule has 4 bridgehead atoms. The van der Waals surface area contributed by atoms with Gasteiger partial charge in [0.1, 0.15) is 30.0 Å². The van der Waals surface area contributed by atoms with Crippen LogP contribution in [-0.2, 0) is 79.7 Å². The monoisotopic (exact) mass is 1360 g/mol. The normalized spacial score (nSPS) is 24.2. The zero-order valence-electron chi connectivity index (χ0n) is 54.1. The highest BCUT2D eigenvalue weighted by Crippen LogP contribution is 2.49. The lowest BCUT2D eigenvalue weighted by Crippen LogP contribution is -2.63. The molecule has 0 aromatic heterocycles. The number of nitrogens with one attached hydrogen (secondary N) is 4. The molecule has 4 aliphatic rings. The number of hydroxylamine groups is 2. The van der Waals surface area contributed by atoms with Crippen LogP contribution in [0.5, 0.6) is 0 Å². The van der Waals surface area contributed by atoms with E-state index in [2.05, 4.69) is 21.3 Å². The fourth-order valence-electron chi connectivity index (χ4n) is 11.1. The van der Waals surface area contributed by atoms with E-state index in [1.54, 1.807) is 39.1 Å². The number of ketones is 1. The summed E-state index contributed by atoms with van der Waals surface area (Å²) in [7, 11) is 4.34. The summed E-state index contributed by atoms with van der Waals surface area (Å²) in [5.41, 5.74) is 5.28. The lowest BCUT2D eigenvalue weighted by atomic mass is 9.83. The molecule has 7 N–H and O–H groups in total. The zero-order chi connectivity index (χ0) is 68.6. The SMILES string of the molecule is CO[C@@H]1/C=C/C=C(\C)Cc2cc(C)c(Cl)c(c2)N(C)C(=O)C[C@H](OC(=O)[C@H](C)N(C)C(=O)c2ccc(CC(=O)[C@H](CCCNC(N)=O)NC(=O)[C@@H](CC(=S)NCCOCCOCCC(=O)ON3C(=O)CCC3=O)C(C)C)cc2Cl)[C@]2(C)O[C@H]2[C@H](C)[C@@H]2C[C@@]1(O)NC(=O)O2.